The number of para-hydroxylation sites is 1. The Morgan fingerprint density at radius 2 is 1.80 bits per heavy atom. The highest BCUT2D eigenvalue weighted by Crippen LogP contribution is 2.40. The van der Waals surface area contributed by atoms with Crippen LogP contribution in [0.2, 0.25) is 5.02 Å². The van der Waals surface area contributed by atoms with Crippen LogP contribution in [-0.4, -0.2) is 35.1 Å². The van der Waals surface area contributed by atoms with Crippen molar-refractivity contribution in [1.82, 2.24) is 9.47 Å². The lowest BCUT2D eigenvalue weighted by Gasteiger charge is -2.27. The molecular weight excluding hydrogens is 394 g/mol. The number of benzene rings is 2. The number of carbonyl (C=O) groups is 1. The molecule has 5 rings (SSSR count). The average Bonchev–Trinajstić information content (AvgIpc) is 3.04. The van der Waals surface area contributed by atoms with Crippen molar-refractivity contribution in [3.8, 4) is 0 Å². The first-order valence-corrected chi connectivity index (χ1v) is 11.1. The Morgan fingerprint density at radius 3 is 2.60 bits per heavy atom. The minimum Gasteiger partial charge on any atom is -0.350 e. The maximum atomic E-state index is 13.6. The molecule has 2 aromatic carbocycles. The maximum absolute atomic E-state index is 13.6. The van der Waals surface area contributed by atoms with Crippen LogP contribution in [-0.2, 0) is 11.8 Å². The fourth-order valence-corrected chi connectivity index (χ4v) is 4.89. The molecule has 0 atom stereocenters. The average molecular weight is 420 g/mol. The molecular formula is C25H26ClN3O. The molecule has 0 N–H and O–H groups in total. The fraction of sp³-hybridized carbons (Fsp3) is 0.320. The van der Waals surface area contributed by atoms with Gasteiger partial charge in [0, 0.05) is 45.9 Å². The van der Waals surface area contributed by atoms with Crippen LogP contribution in [0.15, 0.2) is 48.7 Å². The number of aryl methyl sites for hydroxylation is 1. The van der Waals surface area contributed by atoms with Crippen LogP contribution in [0, 0.1) is 0 Å². The van der Waals surface area contributed by atoms with E-state index in [1.165, 1.54) is 25.7 Å². The third-order valence-electron chi connectivity index (χ3n) is 6.28. The number of hydrogen-bond acceptors (Lipinski definition) is 2. The van der Waals surface area contributed by atoms with E-state index in [0.29, 0.717) is 11.7 Å². The van der Waals surface area contributed by atoms with Crippen LogP contribution in [0.5, 0.6) is 0 Å². The standard InChI is InChI=1S/C25H26ClN3O/c1-27-16-18(20-8-4-5-9-23(20)27)14-22-21-11-10-19(26)15-24(21)29(25(22)30)17-28-12-6-2-3-7-13-28/h4-5,8-11,14-16H,2-3,6-7,12-13,17H2,1H3/b22-14-. The molecule has 2 aliphatic rings. The molecule has 30 heavy (non-hydrogen) atoms. The highest BCUT2D eigenvalue weighted by atomic mass is 35.5. The van der Waals surface area contributed by atoms with Gasteiger partial charge < -0.3 is 4.57 Å². The van der Waals surface area contributed by atoms with Crippen molar-refractivity contribution in [2.45, 2.75) is 25.7 Å². The number of halogens is 1. The first-order valence-electron chi connectivity index (χ1n) is 10.7. The molecule has 4 nitrogen and oxygen atoms in total. The summed E-state index contributed by atoms with van der Waals surface area (Å²) in [5, 5.41) is 1.82. The number of fused-ring (bicyclic) bond motifs is 2. The third-order valence-corrected chi connectivity index (χ3v) is 6.52. The van der Waals surface area contributed by atoms with Crippen LogP contribution >= 0.6 is 11.6 Å². The van der Waals surface area contributed by atoms with Gasteiger partial charge in [-0.3, -0.25) is 14.6 Å². The van der Waals surface area contributed by atoms with Gasteiger partial charge in [-0.1, -0.05) is 48.7 Å². The van der Waals surface area contributed by atoms with E-state index in [1.54, 1.807) is 0 Å². The van der Waals surface area contributed by atoms with Gasteiger partial charge in [-0.25, -0.2) is 0 Å². The minimum atomic E-state index is 0.0597. The number of nitrogens with zero attached hydrogens (tertiary/aromatic N) is 3. The maximum Gasteiger partial charge on any atom is 0.260 e. The molecule has 1 aromatic heterocycles. The molecule has 2 aliphatic heterocycles. The van der Waals surface area contributed by atoms with Crippen LogP contribution in [0.3, 0.4) is 0 Å². The summed E-state index contributed by atoms with van der Waals surface area (Å²) >= 11 is 6.32. The fourth-order valence-electron chi connectivity index (χ4n) is 4.73. The van der Waals surface area contributed by atoms with Gasteiger partial charge in [-0.2, -0.15) is 0 Å². The third kappa shape index (κ3) is 3.44. The van der Waals surface area contributed by atoms with E-state index in [0.717, 1.165) is 46.4 Å². The summed E-state index contributed by atoms with van der Waals surface area (Å²) in [6, 6.07) is 14.1. The van der Waals surface area contributed by atoms with E-state index in [4.69, 9.17) is 11.6 Å². The minimum absolute atomic E-state index is 0.0597. The van der Waals surface area contributed by atoms with Crippen LogP contribution in [0.25, 0.3) is 22.6 Å². The number of likely N-dealkylation sites (tertiary alicyclic amines) is 1. The van der Waals surface area contributed by atoms with Gasteiger partial charge in [-0.05, 0) is 50.2 Å². The van der Waals surface area contributed by atoms with E-state index in [2.05, 4.69) is 27.8 Å². The van der Waals surface area contributed by atoms with Crippen molar-refractivity contribution in [2.75, 3.05) is 24.7 Å². The van der Waals surface area contributed by atoms with Gasteiger partial charge >= 0.3 is 0 Å². The monoisotopic (exact) mass is 419 g/mol. The summed E-state index contributed by atoms with van der Waals surface area (Å²) in [7, 11) is 2.04. The number of aromatic nitrogens is 1. The first kappa shape index (κ1) is 19.4. The first-order chi connectivity index (χ1) is 14.6. The van der Waals surface area contributed by atoms with Gasteiger partial charge in [0.15, 0.2) is 0 Å². The van der Waals surface area contributed by atoms with Crippen molar-refractivity contribution in [2.24, 2.45) is 7.05 Å². The van der Waals surface area contributed by atoms with Crippen molar-refractivity contribution in [3.63, 3.8) is 0 Å². The second kappa shape index (κ2) is 7.93. The highest BCUT2D eigenvalue weighted by molar-refractivity contribution is 6.37. The van der Waals surface area contributed by atoms with Crippen LogP contribution in [0.1, 0.15) is 36.8 Å². The topological polar surface area (TPSA) is 28.5 Å². The van der Waals surface area contributed by atoms with Gasteiger partial charge in [0.2, 0.25) is 0 Å². The molecule has 0 bridgehead atoms. The predicted molar refractivity (Wildman–Crippen MR) is 125 cm³/mol. The number of carbonyl (C=O) groups excluding carboxylic acids is 1. The summed E-state index contributed by atoms with van der Waals surface area (Å²) in [5.41, 5.74) is 4.85. The predicted octanol–water partition coefficient (Wildman–Crippen LogP) is 5.55. The molecule has 0 unspecified atom stereocenters. The molecule has 1 saturated heterocycles. The summed E-state index contributed by atoms with van der Waals surface area (Å²) in [6.07, 6.45) is 9.09. The Balaban J connectivity index is 1.56. The van der Waals surface area contributed by atoms with Gasteiger partial charge in [0.05, 0.1) is 12.4 Å². The van der Waals surface area contributed by atoms with Crippen molar-refractivity contribution in [3.05, 3.63) is 64.8 Å². The molecule has 3 heterocycles. The number of hydrogen-bond donors (Lipinski definition) is 0. The van der Waals surface area contributed by atoms with Gasteiger partial charge in [-0.15, -0.1) is 0 Å². The van der Waals surface area contributed by atoms with Crippen molar-refractivity contribution in [1.29, 1.82) is 0 Å². The highest BCUT2D eigenvalue weighted by Gasteiger charge is 2.33. The zero-order valence-corrected chi connectivity index (χ0v) is 18.0. The molecule has 0 radical (unpaired) electrons. The van der Waals surface area contributed by atoms with E-state index in [1.807, 2.05) is 48.4 Å². The molecule has 3 aromatic rings. The Morgan fingerprint density at radius 1 is 1.03 bits per heavy atom. The molecule has 1 fully saturated rings. The largest absolute Gasteiger partial charge is 0.350 e. The zero-order valence-electron chi connectivity index (χ0n) is 17.3. The number of amides is 1. The number of anilines is 1. The Bertz CT molecular complexity index is 1140. The van der Waals surface area contributed by atoms with Crippen LogP contribution in [0.4, 0.5) is 5.69 Å². The molecule has 0 spiro atoms. The van der Waals surface area contributed by atoms with Gasteiger partial charge in [0.25, 0.3) is 5.91 Å². The number of rotatable bonds is 3. The summed E-state index contributed by atoms with van der Waals surface area (Å²) in [5.74, 6) is 0.0597. The van der Waals surface area contributed by atoms with Gasteiger partial charge in [0.1, 0.15) is 0 Å². The molecule has 154 valence electrons. The van der Waals surface area contributed by atoms with Crippen molar-refractivity contribution < 1.29 is 4.79 Å². The lowest BCUT2D eigenvalue weighted by atomic mass is 10.0. The molecule has 0 aliphatic carbocycles. The van der Waals surface area contributed by atoms with Crippen LogP contribution < -0.4 is 4.90 Å². The molecule has 5 heteroatoms. The lowest BCUT2D eigenvalue weighted by Crippen LogP contribution is -2.40. The second-order valence-corrected chi connectivity index (χ2v) is 8.78. The second-order valence-electron chi connectivity index (χ2n) is 8.34. The SMILES string of the molecule is Cn1cc(/C=C2\C(=O)N(CN3CCCCCC3)c3cc(Cl)ccc32)c2ccccc21. The Hall–Kier alpha value is -2.56. The normalized spacial score (nSPS) is 18.9. The quantitative estimate of drug-likeness (QED) is 0.520. The molecule has 1 amide bonds. The van der Waals surface area contributed by atoms with E-state index < -0.39 is 0 Å². The summed E-state index contributed by atoms with van der Waals surface area (Å²) in [4.78, 5) is 17.9. The summed E-state index contributed by atoms with van der Waals surface area (Å²) in [6.45, 7) is 2.71. The molecule has 0 saturated carbocycles. The zero-order chi connectivity index (χ0) is 20.7. The smallest absolute Gasteiger partial charge is 0.260 e. The lowest BCUT2D eigenvalue weighted by molar-refractivity contribution is -0.113. The Labute approximate surface area is 182 Å². The van der Waals surface area contributed by atoms with E-state index in [-0.39, 0.29) is 5.91 Å². The Kier molecular flexibility index (Phi) is 5.13. The van der Waals surface area contributed by atoms with Crippen molar-refractivity contribution >= 4 is 45.7 Å². The van der Waals surface area contributed by atoms with E-state index >= 15 is 0 Å². The summed E-state index contributed by atoms with van der Waals surface area (Å²) < 4.78 is 2.11. The van der Waals surface area contributed by atoms with E-state index in [9.17, 15) is 4.79 Å².